The van der Waals surface area contributed by atoms with Crippen LogP contribution in [0.1, 0.15) is 10.4 Å². The summed E-state index contributed by atoms with van der Waals surface area (Å²) < 4.78 is 6.62. The molecule has 0 unspecified atom stereocenters. The maximum absolute atomic E-state index is 11.0. The molecule has 0 spiro atoms. The summed E-state index contributed by atoms with van der Waals surface area (Å²) in [4.78, 5) is 11.0. The number of carboxylic acids is 1. The van der Waals surface area contributed by atoms with Crippen LogP contribution in [-0.4, -0.2) is 11.1 Å². The lowest BCUT2D eigenvalue weighted by Crippen LogP contribution is -1.96. The number of carboxylic acid groups (broad SMARTS) is 1. The topological polar surface area (TPSA) is 50.4 Å². The molecule has 0 aliphatic rings. The molecule has 4 heteroatoms. The molecule has 0 bridgehead atoms. The van der Waals surface area contributed by atoms with E-state index in [1.54, 1.807) is 12.1 Å². The second kappa shape index (κ2) is 4.70. The zero-order chi connectivity index (χ0) is 13.4. The second-order valence-corrected chi connectivity index (χ2v) is 5.32. The SMILES string of the molecule is O=C(O)c1cc(I)c2oc(-c3ccccc3)cc2c1. The quantitative estimate of drug-likeness (QED) is 0.686. The van der Waals surface area contributed by atoms with E-state index in [-0.39, 0.29) is 5.56 Å². The molecule has 19 heavy (non-hydrogen) atoms. The van der Waals surface area contributed by atoms with Gasteiger partial charge in [-0.1, -0.05) is 30.3 Å². The summed E-state index contributed by atoms with van der Waals surface area (Å²) in [6.07, 6.45) is 0. The number of furan rings is 1. The molecular formula is C15H9IO3. The van der Waals surface area contributed by atoms with Crippen LogP contribution in [0.4, 0.5) is 0 Å². The number of hydrogen-bond donors (Lipinski definition) is 1. The summed E-state index contributed by atoms with van der Waals surface area (Å²) in [6.45, 7) is 0. The first-order valence-corrected chi connectivity index (χ1v) is 6.75. The van der Waals surface area contributed by atoms with Crippen molar-refractivity contribution >= 4 is 39.5 Å². The van der Waals surface area contributed by atoms with Crippen molar-refractivity contribution in [1.82, 2.24) is 0 Å². The number of carbonyl (C=O) groups is 1. The van der Waals surface area contributed by atoms with Gasteiger partial charge in [0, 0.05) is 10.9 Å². The molecule has 3 aromatic rings. The minimum Gasteiger partial charge on any atom is -0.478 e. The van der Waals surface area contributed by atoms with Gasteiger partial charge in [-0.05, 0) is 40.8 Å². The van der Waals surface area contributed by atoms with Crippen LogP contribution in [0.3, 0.4) is 0 Å². The van der Waals surface area contributed by atoms with Crippen molar-refractivity contribution in [3.05, 3.63) is 57.7 Å². The number of halogens is 1. The van der Waals surface area contributed by atoms with Gasteiger partial charge in [0.15, 0.2) is 0 Å². The van der Waals surface area contributed by atoms with Crippen LogP contribution in [0.5, 0.6) is 0 Å². The van der Waals surface area contributed by atoms with Crippen molar-refractivity contribution in [3.63, 3.8) is 0 Å². The van der Waals surface area contributed by atoms with E-state index in [4.69, 9.17) is 9.52 Å². The van der Waals surface area contributed by atoms with Gasteiger partial charge in [0.25, 0.3) is 0 Å². The normalized spacial score (nSPS) is 10.8. The monoisotopic (exact) mass is 364 g/mol. The van der Waals surface area contributed by atoms with Gasteiger partial charge in [-0.2, -0.15) is 0 Å². The molecule has 0 aliphatic heterocycles. The molecule has 94 valence electrons. The first-order chi connectivity index (χ1) is 9.15. The Kier molecular flexibility index (Phi) is 3.02. The molecule has 0 amide bonds. The predicted molar refractivity (Wildman–Crippen MR) is 81.3 cm³/mol. The molecule has 3 nitrogen and oxygen atoms in total. The third-order valence-electron chi connectivity index (χ3n) is 2.88. The maximum Gasteiger partial charge on any atom is 0.335 e. The summed E-state index contributed by atoms with van der Waals surface area (Å²) in [6, 6.07) is 14.9. The van der Waals surface area contributed by atoms with E-state index in [1.807, 2.05) is 36.4 Å². The molecular weight excluding hydrogens is 355 g/mol. The molecule has 0 fully saturated rings. The fourth-order valence-electron chi connectivity index (χ4n) is 1.98. The largest absolute Gasteiger partial charge is 0.478 e. The Balaban J connectivity index is 2.21. The zero-order valence-electron chi connectivity index (χ0n) is 9.76. The molecule has 0 saturated heterocycles. The van der Waals surface area contributed by atoms with E-state index in [0.717, 1.165) is 25.9 Å². The molecule has 2 aromatic carbocycles. The van der Waals surface area contributed by atoms with Crippen LogP contribution in [0.15, 0.2) is 52.9 Å². The second-order valence-electron chi connectivity index (χ2n) is 4.16. The fraction of sp³-hybridized carbons (Fsp3) is 0. The summed E-state index contributed by atoms with van der Waals surface area (Å²) in [7, 11) is 0. The third kappa shape index (κ3) is 2.23. The molecule has 1 N–H and O–H groups in total. The Morgan fingerprint density at radius 3 is 2.53 bits per heavy atom. The Labute approximate surface area is 123 Å². The molecule has 1 aromatic heterocycles. The van der Waals surface area contributed by atoms with E-state index in [9.17, 15) is 4.79 Å². The summed E-state index contributed by atoms with van der Waals surface area (Å²) in [5.74, 6) is -0.182. The minimum atomic E-state index is -0.928. The Morgan fingerprint density at radius 1 is 1.11 bits per heavy atom. The third-order valence-corrected chi connectivity index (χ3v) is 3.68. The van der Waals surface area contributed by atoms with Gasteiger partial charge >= 0.3 is 5.97 Å². The molecule has 0 aliphatic carbocycles. The number of hydrogen-bond acceptors (Lipinski definition) is 2. The number of aromatic carboxylic acids is 1. The van der Waals surface area contributed by atoms with Gasteiger partial charge < -0.3 is 9.52 Å². The molecule has 0 radical (unpaired) electrons. The van der Waals surface area contributed by atoms with E-state index in [0.29, 0.717) is 0 Å². The van der Waals surface area contributed by atoms with Gasteiger partial charge in [-0.15, -0.1) is 0 Å². The van der Waals surface area contributed by atoms with Gasteiger partial charge in [0.1, 0.15) is 11.3 Å². The van der Waals surface area contributed by atoms with Crippen molar-refractivity contribution in [2.75, 3.05) is 0 Å². The highest BCUT2D eigenvalue weighted by molar-refractivity contribution is 14.1. The van der Waals surface area contributed by atoms with E-state index in [2.05, 4.69) is 22.6 Å². The maximum atomic E-state index is 11.0. The van der Waals surface area contributed by atoms with Crippen molar-refractivity contribution in [2.24, 2.45) is 0 Å². The minimum absolute atomic E-state index is 0.275. The zero-order valence-corrected chi connectivity index (χ0v) is 11.9. The number of rotatable bonds is 2. The van der Waals surface area contributed by atoms with Crippen LogP contribution in [0, 0.1) is 3.57 Å². The van der Waals surface area contributed by atoms with Crippen molar-refractivity contribution in [1.29, 1.82) is 0 Å². The number of benzene rings is 2. The van der Waals surface area contributed by atoms with Crippen LogP contribution in [0.2, 0.25) is 0 Å². The molecule has 1 heterocycles. The summed E-state index contributed by atoms with van der Waals surface area (Å²) in [5, 5.41) is 9.87. The predicted octanol–water partition coefficient (Wildman–Crippen LogP) is 4.40. The van der Waals surface area contributed by atoms with Crippen LogP contribution in [0.25, 0.3) is 22.3 Å². The summed E-state index contributed by atoms with van der Waals surface area (Å²) >= 11 is 2.09. The lowest BCUT2D eigenvalue weighted by molar-refractivity contribution is 0.0697. The Morgan fingerprint density at radius 2 is 1.84 bits per heavy atom. The number of fused-ring (bicyclic) bond motifs is 1. The van der Waals surface area contributed by atoms with E-state index in [1.165, 1.54) is 0 Å². The Hall–Kier alpha value is -1.82. The lowest BCUT2D eigenvalue weighted by atomic mass is 10.1. The average Bonchev–Trinajstić information content (AvgIpc) is 2.84. The van der Waals surface area contributed by atoms with Crippen molar-refractivity contribution in [2.45, 2.75) is 0 Å². The highest BCUT2D eigenvalue weighted by atomic mass is 127. The van der Waals surface area contributed by atoms with E-state index < -0.39 is 5.97 Å². The van der Waals surface area contributed by atoms with Gasteiger partial charge in [-0.3, -0.25) is 0 Å². The average molecular weight is 364 g/mol. The van der Waals surface area contributed by atoms with Crippen LogP contribution >= 0.6 is 22.6 Å². The van der Waals surface area contributed by atoms with Crippen LogP contribution in [-0.2, 0) is 0 Å². The highest BCUT2D eigenvalue weighted by Gasteiger charge is 2.12. The summed E-state index contributed by atoms with van der Waals surface area (Å²) in [5.41, 5.74) is 1.98. The first-order valence-electron chi connectivity index (χ1n) is 5.67. The van der Waals surface area contributed by atoms with Gasteiger partial charge in [-0.25, -0.2) is 4.79 Å². The highest BCUT2D eigenvalue weighted by Crippen LogP contribution is 2.31. The van der Waals surface area contributed by atoms with Crippen molar-refractivity contribution < 1.29 is 14.3 Å². The standard InChI is InChI=1S/C15H9IO3/c16-12-7-11(15(17)18)6-10-8-13(19-14(10)12)9-4-2-1-3-5-9/h1-8H,(H,17,18). The van der Waals surface area contributed by atoms with Crippen LogP contribution < -0.4 is 0 Å². The molecule has 0 atom stereocenters. The lowest BCUT2D eigenvalue weighted by Gasteiger charge is -1.97. The smallest absolute Gasteiger partial charge is 0.335 e. The molecule has 3 rings (SSSR count). The van der Waals surface area contributed by atoms with E-state index >= 15 is 0 Å². The van der Waals surface area contributed by atoms with Gasteiger partial charge in [0.2, 0.25) is 0 Å². The first kappa shape index (κ1) is 12.2. The fourth-order valence-corrected chi connectivity index (χ4v) is 2.74. The Bertz CT molecular complexity index is 760. The van der Waals surface area contributed by atoms with Crippen molar-refractivity contribution in [3.8, 4) is 11.3 Å². The van der Waals surface area contributed by atoms with Gasteiger partial charge in [0.05, 0.1) is 9.13 Å². The molecule has 0 saturated carbocycles.